The first-order valence-corrected chi connectivity index (χ1v) is 9.64. The van der Waals surface area contributed by atoms with Crippen LogP contribution in [0, 0.1) is 20.8 Å². The fourth-order valence-electron chi connectivity index (χ4n) is 3.10. The van der Waals surface area contributed by atoms with Crippen LogP contribution in [0.4, 0.5) is 5.69 Å². The first-order valence-electron chi connectivity index (χ1n) is 9.64. The normalized spacial score (nSPS) is 10.5. The summed E-state index contributed by atoms with van der Waals surface area (Å²) >= 11 is 0. The van der Waals surface area contributed by atoms with Gasteiger partial charge in [0.15, 0.2) is 0 Å². The van der Waals surface area contributed by atoms with E-state index in [1.165, 1.54) is 11.1 Å². The molecule has 0 radical (unpaired) electrons. The minimum Gasteiger partial charge on any atom is -0.260 e. The van der Waals surface area contributed by atoms with Gasteiger partial charge in [0.1, 0.15) is 0 Å². The van der Waals surface area contributed by atoms with Crippen molar-refractivity contribution in [3.8, 4) is 11.1 Å². The Kier molecular flexibility index (Phi) is 7.39. The van der Waals surface area contributed by atoms with Crippen LogP contribution in [0.15, 0.2) is 71.5 Å². The quantitative estimate of drug-likeness (QED) is 0.438. The van der Waals surface area contributed by atoms with E-state index in [-0.39, 0.29) is 0 Å². The number of aryl methyl sites for hydroxylation is 3. The lowest BCUT2D eigenvalue weighted by Crippen LogP contribution is -1.96. The number of benzene rings is 2. The van der Waals surface area contributed by atoms with Gasteiger partial charge in [0, 0.05) is 30.1 Å². The molecule has 0 saturated carbocycles. The van der Waals surface area contributed by atoms with Crippen LogP contribution in [0.1, 0.15) is 41.8 Å². The molecule has 0 bridgehead atoms. The van der Waals surface area contributed by atoms with Crippen LogP contribution in [-0.2, 0) is 0 Å². The third kappa shape index (κ3) is 4.61. The van der Waals surface area contributed by atoms with E-state index in [1.54, 1.807) is 7.05 Å². The second-order valence-corrected chi connectivity index (χ2v) is 6.45. The number of hydrogen-bond acceptors (Lipinski definition) is 3. The molecule has 0 saturated heterocycles. The number of pyridine rings is 1. The zero-order valence-electron chi connectivity index (χ0n) is 17.7. The average Bonchev–Trinajstić information content (AvgIpc) is 2.71. The first-order chi connectivity index (χ1) is 13.5. The van der Waals surface area contributed by atoms with E-state index in [4.69, 9.17) is 0 Å². The van der Waals surface area contributed by atoms with Crippen LogP contribution < -0.4 is 0 Å². The Balaban J connectivity index is 0.00000136. The Morgan fingerprint density at radius 1 is 0.929 bits per heavy atom. The van der Waals surface area contributed by atoms with Crippen molar-refractivity contribution in [3.05, 3.63) is 89.3 Å². The smallest absolute Gasteiger partial charge is 0.0881 e. The van der Waals surface area contributed by atoms with E-state index < -0.39 is 0 Å². The predicted molar refractivity (Wildman–Crippen MR) is 120 cm³/mol. The molecule has 1 aromatic heterocycles. The van der Waals surface area contributed by atoms with Crippen LogP contribution in [-0.4, -0.2) is 12.0 Å². The highest BCUT2D eigenvalue weighted by Crippen LogP contribution is 2.31. The molecule has 0 aliphatic carbocycles. The van der Waals surface area contributed by atoms with Gasteiger partial charge in [0.05, 0.1) is 5.69 Å². The van der Waals surface area contributed by atoms with Crippen molar-refractivity contribution in [1.29, 1.82) is 0 Å². The van der Waals surface area contributed by atoms with Gasteiger partial charge in [0.2, 0.25) is 0 Å². The number of azo groups is 1. The molecule has 3 heteroatoms. The van der Waals surface area contributed by atoms with E-state index in [9.17, 15) is 0 Å². The third-order valence-electron chi connectivity index (χ3n) is 4.62. The number of aromatic nitrogens is 1. The highest BCUT2D eigenvalue weighted by Gasteiger charge is 2.11. The molecule has 1 heterocycles. The van der Waals surface area contributed by atoms with E-state index in [1.807, 2.05) is 46.0 Å². The van der Waals surface area contributed by atoms with Crippen molar-refractivity contribution in [1.82, 2.24) is 4.98 Å². The summed E-state index contributed by atoms with van der Waals surface area (Å²) in [6.07, 6.45) is 1.93. The van der Waals surface area contributed by atoms with Crippen molar-refractivity contribution >= 4 is 11.3 Å². The molecule has 28 heavy (non-hydrogen) atoms. The van der Waals surface area contributed by atoms with Crippen molar-refractivity contribution in [2.45, 2.75) is 34.6 Å². The molecule has 0 amide bonds. The minimum atomic E-state index is 0.882. The summed E-state index contributed by atoms with van der Waals surface area (Å²) in [5.41, 5.74) is 9.58. The molecule has 0 spiro atoms. The SMILES string of the molecule is C=C(c1ccc(N=NC)c(C)c1)c1cc(-c2ccccc2C)cnc1C.CC. The van der Waals surface area contributed by atoms with E-state index in [0.717, 1.165) is 39.2 Å². The Morgan fingerprint density at radius 2 is 1.64 bits per heavy atom. The van der Waals surface area contributed by atoms with E-state index in [0.29, 0.717) is 0 Å². The maximum Gasteiger partial charge on any atom is 0.0881 e. The molecule has 3 rings (SSSR count). The van der Waals surface area contributed by atoms with E-state index in [2.05, 4.69) is 65.1 Å². The fourth-order valence-corrected chi connectivity index (χ4v) is 3.10. The van der Waals surface area contributed by atoms with Crippen molar-refractivity contribution in [2.75, 3.05) is 7.05 Å². The summed E-state index contributed by atoms with van der Waals surface area (Å²) in [4.78, 5) is 4.62. The maximum absolute atomic E-state index is 4.62. The number of rotatable bonds is 4. The van der Waals surface area contributed by atoms with Crippen molar-refractivity contribution in [3.63, 3.8) is 0 Å². The molecule has 3 aromatic rings. The fraction of sp³-hybridized carbons (Fsp3) is 0.240. The molecule has 144 valence electrons. The molecular weight excluding hydrogens is 342 g/mol. The predicted octanol–water partition coefficient (Wildman–Crippen LogP) is 7.48. The van der Waals surface area contributed by atoms with Gasteiger partial charge in [-0.05, 0) is 66.8 Å². The van der Waals surface area contributed by atoms with Crippen LogP contribution in [0.2, 0.25) is 0 Å². The van der Waals surface area contributed by atoms with Crippen LogP contribution in [0.25, 0.3) is 16.7 Å². The summed E-state index contributed by atoms with van der Waals surface area (Å²) in [6.45, 7) is 14.5. The van der Waals surface area contributed by atoms with Crippen LogP contribution in [0.3, 0.4) is 0 Å². The maximum atomic E-state index is 4.62. The highest BCUT2D eigenvalue weighted by atomic mass is 15.1. The Morgan fingerprint density at radius 3 is 2.29 bits per heavy atom. The molecule has 0 aliphatic rings. The van der Waals surface area contributed by atoms with Gasteiger partial charge in [-0.2, -0.15) is 10.2 Å². The van der Waals surface area contributed by atoms with Gasteiger partial charge in [-0.1, -0.05) is 50.8 Å². The Hall–Kier alpha value is -3.07. The highest BCUT2D eigenvalue weighted by molar-refractivity contribution is 5.82. The van der Waals surface area contributed by atoms with Crippen LogP contribution in [0.5, 0.6) is 0 Å². The first kappa shape index (κ1) is 21.2. The van der Waals surface area contributed by atoms with Crippen molar-refractivity contribution in [2.24, 2.45) is 10.2 Å². The average molecular weight is 372 g/mol. The van der Waals surface area contributed by atoms with Gasteiger partial charge >= 0.3 is 0 Å². The van der Waals surface area contributed by atoms with Gasteiger partial charge in [0.25, 0.3) is 0 Å². The zero-order chi connectivity index (χ0) is 20.7. The Bertz CT molecular complexity index is 1000. The standard InChI is InChI=1S/C23H23N3.C2H6/c1-15-8-6-7-9-21(15)20-13-22(18(4)25-14-20)17(3)19-10-11-23(26-24-5)16(2)12-19;1-2/h6-14H,3H2,1-2,4-5H3;1-2H3. The summed E-state index contributed by atoms with van der Waals surface area (Å²) < 4.78 is 0. The zero-order valence-corrected chi connectivity index (χ0v) is 17.7. The van der Waals surface area contributed by atoms with Gasteiger partial charge < -0.3 is 0 Å². The molecule has 0 aliphatic heterocycles. The second-order valence-electron chi connectivity index (χ2n) is 6.45. The number of hydrogen-bond donors (Lipinski definition) is 0. The molecule has 2 aromatic carbocycles. The minimum absolute atomic E-state index is 0.882. The third-order valence-corrected chi connectivity index (χ3v) is 4.62. The van der Waals surface area contributed by atoms with Crippen molar-refractivity contribution < 1.29 is 0 Å². The number of nitrogens with zero attached hydrogens (tertiary/aromatic N) is 3. The van der Waals surface area contributed by atoms with Gasteiger partial charge in [-0.15, -0.1) is 0 Å². The van der Waals surface area contributed by atoms with Gasteiger partial charge in [-0.3, -0.25) is 4.98 Å². The van der Waals surface area contributed by atoms with Crippen LogP contribution >= 0.6 is 0 Å². The van der Waals surface area contributed by atoms with E-state index >= 15 is 0 Å². The lowest BCUT2D eigenvalue weighted by Gasteiger charge is -2.13. The topological polar surface area (TPSA) is 37.6 Å². The summed E-state index contributed by atoms with van der Waals surface area (Å²) in [6, 6.07) is 16.7. The Labute approximate surface area is 168 Å². The molecule has 0 atom stereocenters. The molecule has 0 unspecified atom stereocenters. The molecular formula is C25H29N3. The summed E-state index contributed by atoms with van der Waals surface area (Å²) in [5, 5.41) is 8.00. The largest absolute Gasteiger partial charge is 0.260 e. The summed E-state index contributed by atoms with van der Waals surface area (Å²) in [7, 11) is 1.68. The molecule has 0 fully saturated rings. The molecule has 0 N–H and O–H groups in total. The summed E-state index contributed by atoms with van der Waals surface area (Å²) in [5.74, 6) is 0. The lowest BCUT2D eigenvalue weighted by atomic mass is 9.93. The van der Waals surface area contributed by atoms with Gasteiger partial charge in [-0.25, -0.2) is 0 Å². The second kappa shape index (κ2) is 9.75. The lowest BCUT2D eigenvalue weighted by molar-refractivity contribution is 1.15. The molecule has 3 nitrogen and oxygen atoms in total. The monoisotopic (exact) mass is 371 g/mol.